The van der Waals surface area contributed by atoms with Gasteiger partial charge in [-0.3, -0.25) is 4.79 Å². The van der Waals surface area contributed by atoms with Crippen molar-refractivity contribution in [2.45, 2.75) is 19.9 Å². The summed E-state index contributed by atoms with van der Waals surface area (Å²) >= 11 is 0. The molecule has 4 heteroatoms. The van der Waals surface area contributed by atoms with Gasteiger partial charge in [-0.1, -0.05) is 42.5 Å². The van der Waals surface area contributed by atoms with Crippen molar-refractivity contribution in [2.75, 3.05) is 17.7 Å². The van der Waals surface area contributed by atoms with E-state index in [9.17, 15) is 4.79 Å². The number of hydrogen-bond acceptors (Lipinski definition) is 3. The molecular weight excluding hydrogens is 336 g/mol. The molecule has 2 N–H and O–H groups in total. The quantitative estimate of drug-likeness (QED) is 0.643. The highest BCUT2D eigenvalue weighted by atomic mass is 16.5. The fraction of sp³-hybridized carbons (Fsp3) is 0.174. The number of ether oxygens (including phenoxy) is 1. The smallest absolute Gasteiger partial charge is 0.251 e. The van der Waals surface area contributed by atoms with Crippen molar-refractivity contribution in [3.05, 3.63) is 89.5 Å². The SMILES string of the molecule is COc1cccc(NC(=O)[C@H](Nc2ccc(C)c(C)c2)c2ccccc2)c1. The number of anilines is 2. The van der Waals surface area contributed by atoms with Crippen LogP contribution in [-0.4, -0.2) is 13.0 Å². The Balaban J connectivity index is 1.87. The van der Waals surface area contributed by atoms with Crippen LogP contribution in [0.2, 0.25) is 0 Å². The first-order valence-corrected chi connectivity index (χ1v) is 8.90. The molecule has 0 aliphatic rings. The van der Waals surface area contributed by atoms with Crippen LogP contribution in [0.3, 0.4) is 0 Å². The minimum Gasteiger partial charge on any atom is -0.497 e. The van der Waals surface area contributed by atoms with E-state index in [1.54, 1.807) is 13.2 Å². The summed E-state index contributed by atoms with van der Waals surface area (Å²) in [5.74, 6) is 0.568. The molecule has 0 saturated heterocycles. The average molecular weight is 360 g/mol. The summed E-state index contributed by atoms with van der Waals surface area (Å²) in [6.45, 7) is 4.14. The molecule has 0 fully saturated rings. The van der Waals surface area contributed by atoms with Crippen molar-refractivity contribution in [1.82, 2.24) is 0 Å². The van der Waals surface area contributed by atoms with Gasteiger partial charge in [0.05, 0.1) is 7.11 Å². The topological polar surface area (TPSA) is 50.4 Å². The number of aryl methyl sites for hydroxylation is 2. The Labute approximate surface area is 160 Å². The van der Waals surface area contributed by atoms with Gasteiger partial charge in [0.25, 0.3) is 5.91 Å². The van der Waals surface area contributed by atoms with Crippen LogP contribution in [0, 0.1) is 13.8 Å². The Morgan fingerprint density at radius 3 is 2.33 bits per heavy atom. The van der Waals surface area contributed by atoms with E-state index in [0.717, 1.165) is 11.3 Å². The van der Waals surface area contributed by atoms with Crippen LogP contribution in [0.15, 0.2) is 72.8 Å². The molecule has 4 nitrogen and oxygen atoms in total. The maximum atomic E-state index is 13.1. The van der Waals surface area contributed by atoms with Crippen LogP contribution >= 0.6 is 0 Å². The monoisotopic (exact) mass is 360 g/mol. The molecule has 138 valence electrons. The molecule has 0 aliphatic carbocycles. The number of benzene rings is 3. The van der Waals surface area contributed by atoms with Crippen LogP contribution in [0.4, 0.5) is 11.4 Å². The summed E-state index contributed by atoms with van der Waals surface area (Å²) in [5, 5.41) is 6.35. The predicted molar refractivity (Wildman–Crippen MR) is 110 cm³/mol. The number of methoxy groups -OCH3 is 1. The molecule has 3 rings (SSSR count). The Hall–Kier alpha value is -3.27. The van der Waals surface area contributed by atoms with Crippen LogP contribution in [-0.2, 0) is 4.79 Å². The van der Waals surface area contributed by atoms with E-state index in [0.29, 0.717) is 11.4 Å². The molecule has 0 spiro atoms. The van der Waals surface area contributed by atoms with E-state index >= 15 is 0 Å². The van der Waals surface area contributed by atoms with Crippen LogP contribution in [0.25, 0.3) is 0 Å². The second-order valence-corrected chi connectivity index (χ2v) is 6.51. The van der Waals surface area contributed by atoms with Gasteiger partial charge in [-0.05, 0) is 54.8 Å². The van der Waals surface area contributed by atoms with E-state index < -0.39 is 6.04 Å². The molecule has 27 heavy (non-hydrogen) atoms. The number of hydrogen-bond donors (Lipinski definition) is 2. The summed E-state index contributed by atoms with van der Waals surface area (Å²) < 4.78 is 5.23. The fourth-order valence-electron chi connectivity index (χ4n) is 2.86. The molecule has 0 aromatic heterocycles. The van der Waals surface area contributed by atoms with Gasteiger partial charge in [0.15, 0.2) is 0 Å². The summed E-state index contributed by atoms with van der Waals surface area (Å²) in [7, 11) is 1.61. The number of carbonyl (C=O) groups excluding carboxylic acids is 1. The Kier molecular flexibility index (Phi) is 5.77. The molecule has 0 heterocycles. The first-order valence-electron chi connectivity index (χ1n) is 8.90. The molecule has 0 unspecified atom stereocenters. The second-order valence-electron chi connectivity index (χ2n) is 6.51. The van der Waals surface area contributed by atoms with E-state index in [1.807, 2.05) is 54.6 Å². The van der Waals surface area contributed by atoms with Gasteiger partial charge in [0, 0.05) is 17.4 Å². The van der Waals surface area contributed by atoms with E-state index in [1.165, 1.54) is 11.1 Å². The van der Waals surface area contributed by atoms with Crippen LogP contribution in [0.5, 0.6) is 5.75 Å². The predicted octanol–water partition coefficient (Wildman–Crippen LogP) is 5.10. The lowest BCUT2D eigenvalue weighted by Gasteiger charge is -2.21. The summed E-state index contributed by atoms with van der Waals surface area (Å²) in [6, 6.07) is 22.6. The Morgan fingerprint density at radius 1 is 0.852 bits per heavy atom. The lowest BCUT2D eigenvalue weighted by molar-refractivity contribution is -0.117. The molecule has 3 aromatic carbocycles. The maximum Gasteiger partial charge on any atom is 0.251 e. The molecule has 0 saturated carbocycles. The highest BCUT2D eigenvalue weighted by molar-refractivity contribution is 5.97. The number of nitrogens with one attached hydrogen (secondary N) is 2. The lowest BCUT2D eigenvalue weighted by Crippen LogP contribution is -2.27. The van der Waals surface area contributed by atoms with E-state index in [4.69, 9.17) is 4.74 Å². The molecule has 0 bridgehead atoms. The van der Waals surface area contributed by atoms with Crippen molar-refractivity contribution < 1.29 is 9.53 Å². The molecule has 1 amide bonds. The van der Waals surface area contributed by atoms with Gasteiger partial charge in [-0.15, -0.1) is 0 Å². The zero-order valence-electron chi connectivity index (χ0n) is 15.8. The van der Waals surface area contributed by atoms with Crippen LogP contribution < -0.4 is 15.4 Å². The van der Waals surface area contributed by atoms with Gasteiger partial charge in [-0.2, -0.15) is 0 Å². The zero-order chi connectivity index (χ0) is 19.2. The third kappa shape index (κ3) is 4.67. The minimum absolute atomic E-state index is 0.132. The largest absolute Gasteiger partial charge is 0.497 e. The van der Waals surface area contributed by atoms with E-state index in [2.05, 4.69) is 36.6 Å². The van der Waals surface area contributed by atoms with Crippen LogP contribution in [0.1, 0.15) is 22.7 Å². The van der Waals surface area contributed by atoms with Gasteiger partial charge in [0.1, 0.15) is 11.8 Å². The minimum atomic E-state index is -0.514. The lowest BCUT2D eigenvalue weighted by atomic mass is 10.0. The highest BCUT2D eigenvalue weighted by Gasteiger charge is 2.21. The second kappa shape index (κ2) is 8.41. The first-order chi connectivity index (χ1) is 13.1. The van der Waals surface area contributed by atoms with Gasteiger partial charge < -0.3 is 15.4 Å². The van der Waals surface area contributed by atoms with Crippen molar-refractivity contribution in [2.24, 2.45) is 0 Å². The summed E-state index contributed by atoms with van der Waals surface area (Å²) in [4.78, 5) is 13.1. The number of carbonyl (C=O) groups is 1. The Bertz CT molecular complexity index is 923. The fourth-order valence-corrected chi connectivity index (χ4v) is 2.86. The van der Waals surface area contributed by atoms with E-state index in [-0.39, 0.29) is 5.91 Å². The normalized spacial score (nSPS) is 11.5. The first kappa shape index (κ1) is 18.5. The summed E-state index contributed by atoms with van der Waals surface area (Å²) in [6.07, 6.45) is 0. The molecule has 3 aromatic rings. The number of rotatable bonds is 6. The third-order valence-electron chi connectivity index (χ3n) is 4.55. The average Bonchev–Trinajstić information content (AvgIpc) is 2.69. The third-order valence-corrected chi connectivity index (χ3v) is 4.55. The molecule has 0 radical (unpaired) electrons. The highest BCUT2D eigenvalue weighted by Crippen LogP contribution is 2.24. The number of amides is 1. The van der Waals surface area contributed by atoms with Gasteiger partial charge >= 0.3 is 0 Å². The van der Waals surface area contributed by atoms with Crippen molar-refractivity contribution in [3.63, 3.8) is 0 Å². The maximum absolute atomic E-state index is 13.1. The molecular formula is C23H24N2O2. The van der Waals surface area contributed by atoms with Crippen molar-refractivity contribution >= 4 is 17.3 Å². The standard InChI is InChI=1S/C23H24N2O2/c1-16-12-13-20(14-17(16)2)24-22(18-8-5-4-6-9-18)23(26)25-19-10-7-11-21(15-19)27-3/h4-15,22,24H,1-3H3,(H,25,26)/t22-/m1/s1. The van der Waals surface area contributed by atoms with Gasteiger partial charge in [0.2, 0.25) is 0 Å². The summed E-state index contributed by atoms with van der Waals surface area (Å²) in [5.41, 5.74) is 4.91. The Morgan fingerprint density at radius 2 is 1.63 bits per heavy atom. The van der Waals surface area contributed by atoms with Crippen molar-refractivity contribution in [3.8, 4) is 5.75 Å². The van der Waals surface area contributed by atoms with Gasteiger partial charge in [-0.25, -0.2) is 0 Å². The molecule has 0 aliphatic heterocycles. The molecule has 1 atom stereocenters. The van der Waals surface area contributed by atoms with Crippen molar-refractivity contribution in [1.29, 1.82) is 0 Å². The zero-order valence-corrected chi connectivity index (χ0v) is 15.8.